The van der Waals surface area contributed by atoms with Crippen LogP contribution in [0.25, 0.3) is 11.4 Å². The van der Waals surface area contributed by atoms with Crippen LogP contribution in [0, 0.1) is 0 Å². The zero-order valence-electron chi connectivity index (χ0n) is 12.6. The molecule has 0 aliphatic heterocycles. The Bertz CT molecular complexity index is 599. The molecule has 0 atom stereocenters. The molecule has 1 fully saturated rings. The number of hydrogen-bond acceptors (Lipinski definition) is 4. The normalized spacial score (nSPS) is 14.2. The number of aromatic nitrogens is 2. The van der Waals surface area contributed by atoms with Gasteiger partial charge in [0.2, 0.25) is 0 Å². The minimum Gasteiger partial charge on any atom is -0.378 e. The van der Waals surface area contributed by atoms with Crippen molar-refractivity contribution in [1.82, 2.24) is 9.97 Å². The third kappa shape index (κ3) is 3.39. The van der Waals surface area contributed by atoms with Crippen LogP contribution in [0.15, 0.2) is 30.3 Å². The minimum absolute atomic E-state index is 0.496. The van der Waals surface area contributed by atoms with Gasteiger partial charge in [-0.05, 0) is 37.3 Å². The van der Waals surface area contributed by atoms with Gasteiger partial charge in [0.15, 0.2) is 5.82 Å². The van der Waals surface area contributed by atoms with Crippen molar-refractivity contribution in [3.63, 3.8) is 0 Å². The van der Waals surface area contributed by atoms with E-state index in [-0.39, 0.29) is 0 Å². The summed E-state index contributed by atoms with van der Waals surface area (Å²) in [6.45, 7) is 3.40. The van der Waals surface area contributed by atoms with Crippen molar-refractivity contribution in [1.29, 1.82) is 0 Å². The van der Waals surface area contributed by atoms with Crippen LogP contribution in [-0.2, 0) is 11.3 Å². The second kappa shape index (κ2) is 6.22. The lowest BCUT2D eigenvalue weighted by Gasteiger charge is -2.09. The fourth-order valence-electron chi connectivity index (χ4n) is 2.47. The average Bonchev–Trinajstić information content (AvgIpc) is 3.33. The van der Waals surface area contributed by atoms with Crippen molar-refractivity contribution < 1.29 is 4.74 Å². The van der Waals surface area contributed by atoms with E-state index in [4.69, 9.17) is 4.74 Å². The molecule has 0 unspecified atom stereocenters. The second-order valence-corrected chi connectivity index (χ2v) is 5.43. The largest absolute Gasteiger partial charge is 0.378 e. The molecular weight excluding hydrogens is 262 g/mol. The van der Waals surface area contributed by atoms with E-state index in [2.05, 4.69) is 46.5 Å². The highest BCUT2D eigenvalue weighted by atomic mass is 16.5. The third-order valence-corrected chi connectivity index (χ3v) is 3.62. The number of benzene rings is 1. The van der Waals surface area contributed by atoms with Crippen molar-refractivity contribution in [2.75, 3.05) is 19.0 Å². The van der Waals surface area contributed by atoms with Gasteiger partial charge in [-0.3, -0.25) is 0 Å². The predicted molar refractivity (Wildman–Crippen MR) is 84.3 cm³/mol. The summed E-state index contributed by atoms with van der Waals surface area (Å²) in [6.07, 6.45) is 2.60. The Hall–Kier alpha value is -1.94. The molecule has 2 aromatic rings. The number of rotatable bonds is 6. The first-order valence-corrected chi connectivity index (χ1v) is 7.51. The second-order valence-electron chi connectivity index (χ2n) is 5.43. The van der Waals surface area contributed by atoms with Gasteiger partial charge >= 0.3 is 0 Å². The van der Waals surface area contributed by atoms with Crippen LogP contribution < -0.4 is 5.32 Å². The minimum atomic E-state index is 0.496. The van der Waals surface area contributed by atoms with E-state index in [1.165, 1.54) is 18.4 Å². The maximum Gasteiger partial charge on any atom is 0.161 e. The zero-order chi connectivity index (χ0) is 14.7. The highest BCUT2D eigenvalue weighted by molar-refractivity contribution is 5.59. The predicted octanol–water partition coefficient (Wildman–Crippen LogP) is 3.60. The van der Waals surface area contributed by atoms with E-state index < -0.39 is 0 Å². The highest BCUT2D eigenvalue weighted by Gasteiger charge is 2.23. The van der Waals surface area contributed by atoms with Crippen molar-refractivity contribution >= 4 is 5.82 Å². The first kappa shape index (κ1) is 14.0. The Labute approximate surface area is 125 Å². The molecule has 110 valence electrons. The molecule has 0 saturated heterocycles. The van der Waals surface area contributed by atoms with E-state index in [9.17, 15) is 0 Å². The molecule has 1 aliphatic rings. The molecule has 0 spiro atoms. The van der Waals surface area contributed by atoms with Crippen LogP contribution in [0.3, 0.4) is 0 Å². The fraction of sp³-hybridized carbons (Fsp3) is 0.412. The van der Waals surface area contributed by atoms with E-state index >= 15 is 0 Å². The molecule has 1 heterocycles. The number of nitrogens with one attached hydrogen (secondary N) is 1. The molecule has 0 amide bonds. The number of anilines is 1. The maximum absolute atomic E-state index is 5.21. The summed E-state index contributed by atoms with van der Waals surface area (Å²) in [5, 5.41) is 3.26. The van der Waals surface area contributed by atoms with Crippen LogP contribution in [-0.4, -0.2) is 23.6 Å². The fourth-order valence-corrected chi connectivity index (χ4v) is 2.47. The topological polar surface area (TPSA) is 47.0 Å². The number of hydrogen-bond donors (Lipinski definition) is 1. The lowest BCUT2D eigenvalue weighted by molar-refractivity contribution is 0.181. The molecule has 1 aromatic heterocycles. The molecule has 4 nitrogen and oxygen atoms in total. The van der Waals surface area contributed by atoms with E-state index in [0.717, 1.165) is 35.4 Å². The molecule has 3 rings (SSSR count). The van der Waals surface area contributed by atoms with Gasteiger partial charge in [-0.1, -0.05) is 18.2 Å². The quantitative estimate of drug-likeness (QED) is 0.880. The van der Waals surface area contributed by atoms with E-state index in [0.29, 0.717) is 6.61 Å². The summed E-state index contributed by atoms with van der Waals surface area (Å²) in [4.78, 5) is 9.24. The van der Waals surface area contributed by atoms with Gasteiger partial charge in [0.25, 0.3) is 0 Å². The first-order chi connectivity index (χ1) is 10.3. The monoisotopic (exact) mass is 283 g/mol. The Balaban J connectivity index is 1.97. The van der Waals surface area contributed by atoms with Crippen molar-refractivity contribution in [2.45, 2.75) is 32.3 Å². The van der Waals surface area contributed by atoms with Gasteiger partial charge in [-0.25, -0.2) is 9.97 Å². The molecule has 4 heteroatoms. The molecule has 0 radical (unpaired) electrons. The molecule has 1 aromatic carbocycles. The summed E-state index contributed by atoms with van der Waals surface area (Å²) >= 11 is 0. The lowest BCUT2D eigenvalue weighted by Crippen LogP contribution is -2.04. The molecule has 1 saturated carbocycles. The SMILES string of the molecule is CCNc1cc(COC)nc(-c2cccc(C3CC3)c2)n1. The van der Waals surface area contributed by atoms with E-state index in [1.807, 2.05) is 6.07 Å². The van der Waals surface area contributed by atoms with Gasteiger partial charge in [-0.15, -0.1) is 0 Å². The Kier molecular flexibility index (Phi) is 4.15. The molecule has 0 bridgehead atoms. The smallest absolute Gasteiger partial charge is 0.161 e. The van der Waals surface area contributed by atoms with Gasteiger partial charge < -0.3 is 10.1 Å². The Morgan fingerprint density at radius 1 is 1.24 bits per heavy atom. The molecule has 21 heavy (non-hydrogen) atoms. The van der Waals surface area contributed by atoms with Crippen LogP contribution in [0.1, 0.15) is 36.9 Å². The van der Waals surface area contributed by atoms with Crippen LogP contribution in [0.5, 0.6) is 0 Å². The third-order valence-electron chi connectivity index (χ3n) is 3.62. The van der Waals surface area contributed by atoms with Crippen LogP contribution >= 0.6 is 0 Å². The van der Waals surface area contributed by atoms with E-state index in [1.54, 1.807) is 7.11 Å². The van der Waals surface area contributed by atoms with Crippen molar-refractivity contribution in [3.8, 4) is 11.4 Å². The summed E-state index contributed by atoms with van der Waals surface area (Å²) in [5.41, 5.74) is 3.38. The van der Waals surface area contributed by atoms with Gasteiger partial charge in [0, 0.05) is 25.3 Å². The number of ether oxygens (including phenoxy) is 1. The highest BCUT2D eigenvalue weighted by Crippen LogP contribution is 2.40. The van der Waals surface area contributed by atoms with Gasteiger partial charge in [0.1, 0.15) is 5.82 Å². The molecule has 1 N–H and O–H groups in total. The van der Waals surface area contributed by atoms with Crippen molar-refractivity contribution in [3.05, 3.63) is 41.6 Å². The number of nitrogens with zero attached hydrogens (tertiary/aromatic N) is 2. The zero-order valence-corrected chi connectivity index (χ0v) is 12.6. The maximum atomic E-state index is 5.21. The molecular formula is C17H21N3O. The summed E-state index contributed by atoms with van der Waals surface area (Å²) in [7, 11) is 1.68. The summed E-state index contributed by atoms with van der Waals surface area (Å²) in [6, 6.07) is 10.5. The van der Waals surface area contributed by atoms with Crippen LogP contribution in [0.4, 0.5) is 5.82 Å². The lowest BCUT2D eigenvalue weighted by atomic mass is 10.1. The van der Waals surface area contributed by atoms with Crippen molar-refractivity contribution in [2.24, 2.45) is 0 Å². The van der Waals surface area contributed by atoms with Gasteiger partial charge in [0.05, 0.1) is 12.3 Å². The Morgan fingerprint density at radius 2 is 2.10 bits per heavy atom. The molecule has 1 aliphatic carbocycles. The summed E-state index contributed by atoms with van der Waals surface area (Å²) in [5.74, 6) is 2.36. The summed E-state index contributed by atoms with van der Waals surface area (Å²) < 4.78 is 5.21. The Morgan fingerprint density at radius 3 is 2.81 bits per heavy atom. The standard InChI is InChI=1S/C17H21N3O/c1-3-18-16-10-15(11-21-2)19-17(20-16)14-6-4-5-13(9-14)12-7-8-12/h4-6,9-10,12H,3,7-8,11H2,1-2H3,(H,18,19,20). The van der Waals surface area contributed by atoms with Gasteiger partial charge in [-0.2, -0.15) is 0 Å². The average molecular weight is 283 g/mol. The van der Waals surface area contributed by atoms with Crippen LogP contribution in [0.2, 0.25) is 0 Å². The first-order valence-electron chi connectivity index (χ1n) is 7.51. The number of methoxy groups -OCH3 is 1.